The van der Waals surface area contributed by atoms with Crippen molar-refractivity contribution in [3.05, 3.63) is 0 Å². The summed E-state index contributed by atoms with van der Waals surface area (Å²) >= 11 is 0. The Balaban J connectivity index is 0.00000289. The maximum Gasteiger partial charge on any atom is 0.250 e. The van der Waals surface area contributed by atoms with E-state index in [2.05, 4.69) is 24.5 Å². The molecule has 0 aliphatic carbocycles. The summed E-state index contributed by atoms with van der Waals surface area (Å²) in [6, 6.07) is 0. The Bertz CT molecular complexity index is 221. The maximum absolute atomic E-state index is 11.6. The van der Waals surface area contributed by atoms with Gasteiger partial charge in [-0.3, -0.25) is 4.79 Å². The highest BCUT2D eigenvalue weighted by molar-refractivity contribution is 5.85. The van der Waals surface area contributed by atoms with Crippen molar-refractivity contribution in [2.75, 3.05) is 39.5 Å². The molecule has 1 unspecified atom stereocenters. The monoisotopic (exact) mass is 280 g/mol. The predicted octanol–water partition coefficient (Wildman–Crippen LogP) is 0.576. The molecular formula is C12H25ClN2O3. The minimum Gasteiger partial charge on any atom is -0.380 e. The van der Waals surface area contributed by atoms with Gasteiger partial charge in [-0.15, -0.1) is 12.4 Å². The quantitative estimate of drug-likeness (QED) is 0.670. The first-order chi connectivity index (χ1) is 8.20. The molecule has 5 nitrogen and oxygen atoms in total. The minimum absolute atomic E-state index is 0. The van der Waals surface area contributed by atoms with Crippen LogP contribution in [0.3, 0.4) is 0 Å². The Hall–Kier alpha value is -0.360. The Morgan fingerprint density at radius 3 is 2.89 bits per heavy atom. The molecule has 1 aliphatic rings. The largest absolute Gasteiger partial charge is 0.380 e. The van der Waals surface area contributed by atoms with Crippen LogP contribution >= 0.6 is 12.4 Å². The van der Waals surface area contributed by atoms with E-state index in [-0.39, 0.29) is 24.4 Å². The molecule has 1 rings (SSSR count). The first-order valence-corrected chi connectivity index (χ1v) is 6.38. The van der Waals surface area contributed by atoms with E-state index >= 15 is 0 Å². The highest BCUT2D eigenvalue weighted by atomic mass is 35.5. The summed E-state index contributed by atoms with van der Waals surface area (Å²) in [7, 11) is 0. The first kappa shape index (κ1) is 17.6. The lowest BCUT2D eigenvalue weighted by Gasteiger charge is -2.22. The van der Waals surface area contributed by atoms with Crippen LogP contribution in [0, 0.1) is 5.92 Å². The van der Waals surface area contributed by atoms with Crippen LogP contribution < -0.4 is 10.6 Å². The number of morpholine rings is 1. The molecule has 18 heavy (non-hydrogen) atoms. The number of amides is 1. The highest BCUT2D eigenvalue weighted by Crippen LogP contribution is 1.98. The van der Waals surface area contributed by atoms with Crippen LogP contribution in [0.25, 0.3) is 0 Å². The number of carbonyl (C=O) groups is 1. The smallest absolute Gasteiger partial charge is 0.250 e. The predicted molar refractivity (Wildman–Crippen MR) is 73.1 cm³/mol. The lowest BCUT2D eigenvalue weighted by Crippen LogP contribution is -2.48. The summed E-state index contributed by atoms with van der Waals surface area (Å²) in [5.74, 6) is 0.607. The van der Waals surface area contributed by atoms with Gasteiger partial charge in [-0.1, -0.05) is 13.8 Å². The number of nitrogens with one attached hydrogen (secondary N) is 2. The minimum atomic E-state index is -0.348. The SMILES string of the molecule is CC(C)CCOCCNC(=O)C1CNCCO1.Cl. The Kier molecular flexibility index (Phi) is 10.3. The molecule has 1 saturated heterocycles. The van der Waals surface area contributed by atoms with Gasteiger partial charge in [0.1, 0.15) is 6.10 Å². The maximum atomic E-state index is 11.6. The first-order valence-electron chi connectivity index (χ1n) is 6.38. The summed E-state index contributed by atoms with van der Waals surface area (Å²) in [6.45, 7) is 8.23. The van der Waals surface area contributed by atoms with Crippen molar-refractivity contribution >= 4 is 18.3 Å². The molecule has 1 heterocycles. The van der Waals surface area contributed by atoms with Gasteiger partial charge in [0.25, 0.3) is 5.91 Å². The van der Waals surface area contributed by atoms with Crippen molar-refractivity contribution < 1.29 is 14.3 Å². The summed E-state index contributed by atoms with van der Waals surface area (Å²) in [5, 5.41) is 5.93. The van der Waals surface area contributed by atoms with Crippen LogP contribution in [0.1, 0.15) is 20.3 Å². The lowest BCUT2D eigenvalue weighted by molar-refractivity contribution is -0.134. The molecule has 0 saturated carbocycles. The second kappa shape index (κ2) is 10.6. The fraction of sp³-hybridized carbons (Fsp3) is 0.917. The van der Waals surface area contributed by atoms with Gasteiger partial charge < -0.3 is 20.1 Å². The van der Waals surface area contributed by atoms with Crippen LogP contribution in [0.4, 0.5) is 0 Å². The zero-order chi connectivity index (χ0) is 12.5. The van der Waals surface area contributed by atoms with E-state index in [0.29, 0.717) is 32.2 Å². The van der Waals surface area contributed by atoms with E-state index in [1.165, 1.54) is 0 Å². The van der Waals surface area contributed by atoms with Crippen LogP contribution in [0.2, 0.25) is 0 Å². The second-order valence-corrected chi connectivity index (χ2v) is 4.65. The zero-order valence-electron chi connectivity index (χ0n) is 11.2. The van der Waals surface area contributed by atoms with Crippen LogP contribution in [-0.4, -0.2) is 51.5 Å². The molecule has 1 aliphatic heterocycles. The zero-order valence-corrected chi connectivity index (χ0v) is 12.1. The van der Waals surface area contributed by atoms with Crippen molar-refractivity contribution in [2.24, 2.45) is 5.92 Å². The topological polar surface area (TPSA) is 59.6 Å². The molecule has 0 radical (unpaired) electrons. The molecule has 108 valence electrons. The number of hydrogen-bond acceptors (Lipinski definition) is 4. The molecule has 0 aromatic carbocycles. The third kappa shape index (κ3) is 7.87. The van der Waals surface area contributed by atoms with E-state index in [4.69, 9.17) is 9.47 Å². The molecule has 0 aromatic heterocycles. The fourth-order valence-corrected chi connectivity index (χ4v) is 1.52. The van der Waals surface area contributed by atoms with Gasteiger partial charge in [0.05, 0.1) is 13.2 Å². The van der Waals surface area contributed by atoms with Gasteiger partial charge in [-0.05, 0) is 12.3 Å². The molecule has 0 bridgehead atoms. The van der Waals surface area contributed by atoms with Gasteiger partial charge >= 0.3 is 0 Å². The van der Waals surface area contributed by atoms with Crippen molar-refractivity contribution in [3.8, 4) is 0 Å². The van der Waals surface area contributed by atoms with Crippen molar-refractivity contribution in [1.82, 2.24) is 10.6 Å². The number of hydrogen-bond donors (Lipinski definition) is 2. The normalized spacial score (nSPS) is 19.4. The Labute approximate surface area is 115 Å². The lowest BCUT2D eigenvalue weighted by atomic mass is 10.1. The second-order valence-electron chi connectivity index (χ2n) is 4.65. The van der Waals surface area contributed by atoms with Crippen LogP contribution in [-0.2, 0) is 14.3 Å². The third-order valence-corrected chi connectivity index (χ3v) is 2.61. The number of carbonyl (C=O) groups excluding carboxylic acids is 1. The van der Waals surface area contributed by atoms with Crippen LogP contribution in [0.5, 0.6) is 0 Å². The van der Waals surface area contributed by atoms with Gasteiger partial charge in [0, 0.05) is 26.2 Å². The highest BCUT2D eigenvalue weighted by Gasteiger charge is 2.20. The Morgan fingerprint density at radius 2 is 2.28 bits per heavy atom. The average Bonchev–Trinajstić information content (AvgIpc) is 2.34. The molecule has 2 N–H and O–H groups in total. The number of ether oxygens (including phenoxy) is 2. The van der Waals surface area contributed by atoms with Gasteiger partial charge in [0.2, 0.25) is 0 Å². The summed E-state index contributed by atoms with van der Waals surface area (Å²) in [5.41, 5.74) is 0. The molecule has 6 heteroatoms. The summed E-state index contributed by atoms with van der Waals surface area (Å²) in [4.78, 5) is 11.6. The van der Waals surface area contributed by atoms with Crippen molar-refractivity contribution in [1.29, 1.82) is 0 Å². The average molecular weight is 281 g/mol. The molecule has 1 atom stereocenters. The van der Waals surface area contributed by atoms with Gasteiger partial charge in [-0.2, -0.15) is 0 Å². The van der Waals surface area contributed by atoms with E-state index in [0.717, 1.165) is 19.6 Å². The summed E-state index contributed by atoms with van der Waals surface area (Å²) in [6.07, 6.45) is 0.711. The number of halogens is 1. The van der Waals surface area contributed by atoms with Gasteiger partial charge in [-0.25, -0.2) is 0 Å². The molecular weight excluding hydrogens is 256 g/mol. The van der Waals surface area contributed by atoms with E-state index in [1.807, 2.05) is 0 Å². The fourth-order valence-electron chi connectivity index (χ4n) is 1.52. The Morgan fingerprint density at radius 1 is 1.50 bits per heavy atom. The van der Waals surface area contributed by atoms with Gasteiger partial charge in [0.15, 0.2) is 0 Å². The van der Waals surface area contributed by atoms with Crippen LogP contribution in [0.15, 0.2) is 0 Å². The molecule has 0 spiro atoms. The van der Waals surface area contributed by atoms with Crippen molar-refractivity contribution in [3.63, 3.8) is 0 Å². The molecule has 0 aromatic rings. The van der Waals surface area contributed by atoms with E-state index in [1.54, 1.807) is 0 Å². The summed E-state index contributed by atoms with van der Waals surface area (Å²) < 4.78 is 10.7. The standard InChI is InChI=1S/C12H24N2O3.ClH/c1-10(2)3-6-16-7-5-14-12(15)11-9-13-4-8-17-11;/h10-11,13H,3-9H2,1-2H3,(H,14,15);1H. The molecule has 1 fully saturated rings. The third-order valence-electron chi connectivity index (χ3n) is 2.61. The van der Waals surface area contributed by atoms with E-state index < -0.39 is 0 Å². The van der Waals surface area contributed by atoms with E-state index in [9.17, 15) is 4.79 Å². The van der Waals surface area contributed by atoms with Crippen molar-refractivity contribution in [2.45, 2.75) is 26.4 Å². The molecule has 1 amide bonds. The number of rotatable bonds is 7.